The number of hydrazone groups is 1. The molecule has 0 radical (unpaired) electrons. The molecule has 9 heteroatoms. The molecular weight excluding hydrogens is 388 g/mol. The Morgan fingerprint density at radius 2 is 2.09 bits per heavy atom. The molecule has 0 saturated heterocycles. The maximum Gasteiger partial charge on any atom is 0.338 e. The van der Waals surface area contributed by atoms with Crippen LogP contribution in [0.1, 0.15) is 11.8 Å². The first-order chi connectivity index (χ1) is 10.5. The van der Waals surface area contributed by atoms with E-state index in [1.54, 1.807) is 13.0 Å². The van der Waals surface area contributed by atoms with Crippen LogP contribution in [0.5, 0.6) is 0 Å². The van der Waals surface area contributed by atoms with Crippen LogP contribution < -0.4 is 10.7 Å². The fourth-order valence-electron chi connectivity index (χ4n) is 1.53. The third-order valence-corrected chi connectivity index (χ3v) is 4.80. The molecule has 1 aromatic carbocycles. The van der Waals surface area contributed by atoms with Crippen LogP contribution in [0.4, 0.5) is 10.7 Å². The molecule has 1 aromatic heterocycles. The number of nitrogens with zero attached hydrogens (tertiary/aromatic N) is 2. The van der Waals surface area contributed by atoms with Gasteiger partial charge in [-0.3, -0.25) is 15.5 Å². The Labute approximate surface area is 144 Å². The molecule has 1 heterocycles. The first-order valence-corrected chi connectivity index (χ1v) is 8.09. The number of hydrogen-bond donors (Lipinski definition) is 2. The Morgan fingerprint density at radius 1 is 1.41 bits per heavy atom. The predicted molar refractivity (Wildman–Crippen MR) is 96.7 cm³/mol. The van der Waals surface area contributed by atoms with Gasteiger partial charge in [-0.1, -0.05) is 29.5 Å². The molecule has 0 unspecified atom stereocenters. The quantitative estimate of drug-likeness (QED) is 0.350. The fraction of sp³-hybridized carbons (Fsp3) is 0.0769. The number of thiophene rings is 1. The van der Waals surface area contributed by atoms with Crippen LogP contribution in [0.15, 0.2) is 46.0 Å². The highest BCUT2D eigenvalue weighted by Gasteiger charge is 2.18. The van der Waals surface area contributed by atoms with Gasteiger partial charge in [-0.25, -0.2) is 0 Å². The summed E-state index contributed by atoms with van der Waals surface area (Å²) in [6.07, 6.45) is 0. The van der Waals surface area contributed by atoms with E-state index >= 15 is 0 Å². The molecule has 0 atom stereocenters. The fourth-order valence-corrected chi connectivity index (χ4v) is 3.27. The third kappa shape index (κ3) is 4.33. The SMILES string of the molecule is C/C(=N/NC(=S)Nc1ccccc1)c1cc(Br)c([N+](=O)[O-])s1. The van der Waals surface area contributed by atoms with Crippen molar-refractivity contribution in [3.05, 3.63) is 55.9 Å². The molecule has 0 aliphatic carbocycles. The second-order valence-electron chi connectivity index (χ2n) is 4.15. The number of para-hydroxylation sites is 1. The molecule has 2 N–H and O–H groups in total. The average molecular weight is 399 g/mol. The van der Waals surface area contributed by atoms with Crippen molar-refractivity contribution in [2.75, 3.05) is 5.32 Å². The molecule has 0 fully saturated rings. The van der Waals surface area contributed by atoms with Crippen molar-refractivity contribution in [1.29, 1.82) is 0 Å². The van der Waals surface area contributed by atoms with Gasteiger partial charge in [-0.05, 0) is 53.3 Å². The lowest BCUT2D eigenvalue weighted by atomic mass is 10.3. The van der Waals surface area contributed by atoms with Crippen molar-refractivity contribution in [2.45, 2.75) is 6.92 Å². The van der Waals surface area contributed by atoms with Crippen molar-refractivity contribution in [3.8, 4) is 0 Å². The van der Waals surface area contributed by atoms with Crippen LogP contribution >= 0.6 is 39.5 Å². The molecule has 0 aliphatic heterocycles. The number of benzene rings is 1. The predicted octanol–water partition coefficient (Wildman–Crippen LogP) is 4.13. The molecule has 22 heavy (non-hydrogen) atoms. The Kier molecular flexibility index (Phi) is 5.58. The summed E-state index contributed by atoms with van der Waals surface area (Å²) in [5, 5.41) is 18.3. The summed E-state index contributed by atoms with van der Waals surface area (Å²) in [5.41, 5.74) is 4.17. The summed E-state index contributed by atoms with van der Waals surface area (Å²) in [7, 11) is 0. The summed E-state index contributed by atoms with van der Waals surface area (Å²) in [5.74, 6) is 0. The minimum atomic E-state index is -0.430. The molecule has 0 aliphatic rings. The topological polar surface area (TPSA) is 79.6 Å². The highest BCUT2D eigenvalue weighted by atomic mass is 79.9. The zero-order valence-corrected chi connectivity index (χ0v) is 14.6. The molecule has 114 valence electrons. The van der Waals surface area contributed by atoms with Gasteiger partial charge in [0.05, 0.1) is 15.5 Å². The first-order valence-electron chi connectivity index (χ1n) is 6.08. The van der Waals surface area contributed by atoms with Crippen LogP contribution in [0, 0.1) is 10.1 Å². The van der Waals surface area contributed by atoms with E-state index < -0.39 is 4.92 Å². The zero-order chi connectivity index (χ0) is 16.1. The van der Waals surface area contributed by atoms with Crippen LogP contribution in [0.3, 0.4) is 0 Å². The van der Waals surface area contributed by atoms with Crippen LogP contribution in [-0.2, 0) is 0 Å². The highest BCUT2D eigenvalue weighted by molar-refractivity contribution is 9.10. The van der Waals surface area contributed by atoms with Gasteiger partial charge >= 0.3 is 5.00 Å². The lowest BCUT2D eigenvalue weighted by Gasteiger charge is -2.07. The van der Waals surface area contributed by atoms with E-state index in [0.29, 0.717) is 20.2 Å². The van der Waals surface area contributed by atoms with Gasteiger partial charge in [0.2, 0.25) is 0 Å². The van der Waals surface area contributed by atoms with E-state index in [-0.39, 0.29) is 5.00 Å². The maximum absolute atomic E-state index is 10.8. The standard InChI is InChI=1S/C13H11BrN4O2S2/c1-8(11-7-10(14)12(22-11)18(19)20)16-17-13(21)15-9-5-3-2-4-6-9/h2-7H,1H3,(H2,15,17,21)/b16-8-. The van der Waals surface area contributed by atoms with Crippen molar-refractivity contribution < 1.29 is 4.92 Å². The van der Waals surface area contributed by atoms with E-state index in [1.165, 1.54) is 0 Å². The molecule has 6 nitrogen and oxygen atoms in total. The van der Waals surface area contributed by atoms with Crippen molar-refractivity contribution in [3.63, 3.8) is 0 Å². The molecule has 0 bridgehead atoms. The van der Waals surface area contributed by atoms with Crippen LogP contribution in [0.25, 0.3) is 0 Å². The van der Waals surface area contributed by atoms with Crippen molar-refractivity contribution in [1.82, 2.24) is 5.43 Å². The Hall–Kier alpha value is -1.84. The summed E-state index contributed by atoms with van der Waals surface area (Å²) >= 11 is 9.35. The van der Waals surface area contributed by atoms with Gasteiger partial charge in [0.15, 0.2) is 5.11 Å². The van der Waals surface area contributed by atoms with Crippen molar-refractivity contribution >= 4 is 61.0 Å². The second-order valence-corrected chi connectivity index (χ2v) is 6.44. The number of rotatable bonds is 4. The van der Waals surface area contributed by atoms with Crippen LogP contribution in [0.2, 0.25) is 0 Å². The van der Waals surface area contributed by atoms with Gasteiger partial charge < -0.3 is 5.32 Å². The monoisotopic (exact) mass is 398 g/mol. The Balaban J connectivity index is 2.02. The molecule has 0 amide bonds. The lowest BCUT2D eigenvalue weighted by Crippen LogP contribution is -2.24. The van der Waals surface area contributed by atoms with E-state index in [9.17, 15) is 10.1 Å². The number of nitrogens with one attached hydrogen (secondary N) is 2. The number of nitro groups is 1. The number of halogens is 1. The first kappa shape index (κ1) is 16.5. The molecule has 0 spiro atoms. The van der Waals surface area contributed by atoms with Crippen LogP contribution in [-0.4, -0.2) is 15.7 Å². The van der Waals surface area contributed by atoms with Gasteiger partial charge in [-0.2, -0.15) is 5.10 Å². The number of hydrogen-bond acceptors (Lipinski definition) is 5. The summed E-state index contributed by atoms with van der Waals surface area (Å²) in [4.78, 5) is 11.1. The summed E-state index contributed by atoms with van der Waals surface area (Å²) < 4.78 is 0.442. The minimum absolute atomic E-state index is 0.0505. The minimum Gasteiger partial charge on any atom is -0.331 e. The summed E-state index contributed by atoms with van der Waals surface area (Å²) in [6, 6.07) is 11.1. The highest BCUT2D eigenvalue weighted by Crippen LogP contribution is 2.34. The van der Waals surface area contributed by atoms with E-state index in [4.69, 9.17) is 12.2 Å². The molecular formula is C13H11BrN4O2S2. The second kappa shape index (κ2) is 7.43. The van der Waals surface area contributed by atoms with Gasteiger partial charge in [0.25, 0.3) is 0 Å². The Bertz CT molecular complexity index is 731. The largest absolute Gasteiger partial charge is 0.338 e. The van der Waals surface area contributed by atoms with E-state index in [1.807, 2.05) is 30.3 Å². The Morgan fingerprint density at radius 3 is 2.68 bits per heavy atom. The maximum atomic E-state index is 10.8. The number of anilines is 1. The van der Waals surface area contributed by atoms with E-state index in [2.05, 4.69) is 31.8 Å². The molecule has 2 aromatic rings. The lowest BCUT2D eigenvalue weighted by molar-refractivity contribution is -0.380. The van der Waals surface area contributed by atoms with Gasteiger partial charge in [0.1, 0.15) is 4.47 Å². The summed E-state index contributed by atoms with van der Waals surface area (Å²) in [6.45, 7) is 1.75. The molecule has 0 saturated carbocycles. The third-order valence-electron chi connectivity index (χ3n) is 2.55. The van der Waals surface area contributed by atoms with E-state index in [0.717, 1.165) is 17.0 Å². The van der Waals surface area contributed by atoms with Crippen molar-refractivity contribution in [2.24, 2.45) is 5.10 Å². The average Bonchev–Trinajstić information content (AvgIpc) is 2.88. The van der Waals surface area contributed by atoms with Gasteiger partial charge in [0, 0.05) is 5.69 Å². The zero-order valence-electron chi connectivity index (χ0n) is 11.4. The van der Waals surface area contributed by atoms with Gasteiger partial charge in [-0.15, -0.1) is 0 Å². The number of thiocarbonyl (C=S) groups is 1. The molecule has 2 rings (SSSR count). The normalized spacial score (nSPS) is 11.1. The smallest absolute Gasteiger partial charge is 0.331 e.